The maximum atomic E-state index is 10.7. The quantitative estimate of drug-likeness (QED) is 0.358. The molecule has 0 fully saturated rings. The molecule has 56 valence electrons. The number of esters is 1. The first-order valence-corrected chi connectivity index (χ1v) is 3.18. The smallest absolute Gasteiger partial charge is 0.334 e. The van der Waals surface area contributed by atoms with Gasteiger partial charge in [0, 0.05) is 5.54 Å². The van der Waals surface area contributed by atoms with Crippen molar-refractivity contribution < 1.29 is 9.53 Å². The van der Waals surface area contributed by atoms with E-state index in [1.165, 1.54) is 12.6 Å². The molecule has 0 aliphatic rings. The van der Waals surface area contributed by atoms with E-state index in [9.17, 15) is 4.79 Å². The molecule has 0 aromatic rings. The Balaban J connectivity index is 4.08. The van der Waals surface area contributed by atoms with Gasteiger partial charge in [0.2, 0.25) is 0 Å². The van der Waals surface area contributed by atoms with Crippen molar-refractivity contribution in [2.24, 2.45) is 0 Å². The Bertz CT molecular complexity index is 161. The molecule has 0 saturated heterocycles. The zero-order valence-corrected chi connectivity index (χ0v) is 6.52. The number of hydrogen-bond donors (Lipinski definition) is 0. The number of allylic oxidation sites excluding steroid dienone is 1. The van der Waals surface area contributed by atoms with Gasteiger partial charge in [0.15, 0.2) is 0 Å². The summed E-state index contributed by atoms with van der Waals surface area (Å²) in [7, 11) is 1.31. The van der Waals surface area contributed by atoms with Crippen LogP contribution >= 0.6 is 11.6 Å². The zero-order chi connectivity index (χ0) is 7.98. The van der Waals surface area contributed by atoms with Gasteiger partial charge in [-0.15, -0.1) is 6.58 Å². The van der Waals surface area contributed by atoms with Gasteiger partial charge >= 0.3 is 5.97 Å². The largest absolute Gasteiger partial charge is 0.466 e. The van der Waals surface area contributed by atoms with Gasteiger partial charge in [-0.1, -0.05) is 17.7 Å². The summed E-state index contributed by atoms with van der Waals surface area (Å²) in [6, 6.07) is 0. The Hall–Kier alpha value is -0.760. The maximum absolute atomic E-state index is 10.7. The maximum Gasteiger partial charge on any atom is 0.334 e. The SMILES string of the molecule is C=CC/C(=C\Cl)C(=O)OC. The highest BCUT2D eigenvalue weighted by Gasteiger charge is 2.05. The second-order valence-electron chi connectivity index (χ2n) is 1.62. The average Bonchev–Trinajstić information content (AvgIpc) is 1.99. The fourth-order valence-corrected chi connectivity index (χ4v) is 0.637. The number of rotatable bonds is 3. The number of ether oxygens (including phenoxy) is 1. The molecule has 0 aromatic heterocycles. The number of hydrogen-bond acceptors (Lipinski definition) is 2. The third-order valence-electron chi connectivity index (χ3n) is 0.944. The van der Waals surface area contributed by atoms with Crippen LogP contribution in [0.4, 0.5) is 0 Å². The molecular formula is C7H9ClO2. The van der Waals surface area contributed by atoms with Crippen LogP contribution in [0, 0.1) is 0 Å². The lowest BCUT2D eigenvalue weighted by molar-refractivity contribution is -0.136. The first kappa shape index (κ1) is 9.24. The molecule has 10 heavy (non-hydrogen) atoms. The highest BCUT2D eigenvalue weighted by atomic mass is 35.5. The van der Waals surface area contributed by atoms with E-state index in [-0.39, 0.29) is 0 Å². The predicted molar refractivity (Wildman–Crippen MR) is 40.8 cm³/mol. The van der Waals surface area contributed by atoms with Crippen LogP contribution in [0.3, 0.4) is 0 Å². The first-order valence-electron chi connectivity index (χ1n) is 2.74. The molecule has 0 rings (SSSR count). The molecule has 0 unspecified atom stereocenters. The van der Waals surface area contributed by atoms with Gasteiger partial charge in [-0.3, -0.25) is 0 Å². The van der Waals surface area contributed by atoms with E-state index >= 15 is 0 Å². The van der Waals surface area contributed by atoms with Crippen molar-refractivity contribution in [1.29, 1.82) is 0 Å². The van der Waals surface area contributed by atoms with Crippen molar-refractivity contribution in [3.8, 4) is 0 Å². The van der Waals surface area contributed by atoms with Crippen molar-refractivity contribution in [2.45, 2.75) is 6.42 Å². The molecule has 0 N–H and O–H groups in total. The molecule has 0 atom stereocenters. The van der Waals surface area contributed by atoms with Gasteiger partial charge in [-0.2, -0.15) is 0 Å². The minimum Gasteiger partial charge on any atom is -0.466 e. The number of carbonyl (C=O) groups is 1. The molecule has 0 radical (unpaired) electrons. The van der Waals surface area contributed by atoms with Gasteiger partial charge in [0.25, 0.3) is 0 Å². The molecule has 3 heteroatoms. The van der Waals surface area contributed by atoms with Gasteiger partial charge in [-0.05, 0) is 6.42 Å². The van der Waals surface area contributed by atoms with Crippen molar-refractivity contribution >= 4 is 17.6 Å². The second kappa shape index (κ2) is 5.06. The second-order valence-corrected chi connectivity index (χ2v) is 1.84. The molecular weight excluding hydrogens is 152 g/mol. The van der Waals surface area contributed by atoms with Crippen LogP contribution in [0.5, 0.6) is 0 Å². The summed E-state index contributed by atoms with van der Waals surface area (Å²) in [4.78, 5) is 10.7. The Morgan fingerprint density at radius 3 is 2.70 bits per heavy atom. The van der Waals surface area contributed by atoms with Crippen molar-refractivity contribution in [3.63, 3.8) is 0 Å². The molecule has 0 aliphatic carbocycles. The lowest BCUT2D eigenvalue weighted by Crippen LogP contribution is -2.02. The third-order valence-corrected chi connectivity index (χ3v) is 1.21. The molecule has 0 saturated carbocycles. The van der Waals surface area contributed by atoms with E-state index in [2.05, 4.69) is 11.3 Å². The highest BCUT2D eigenvalue weighted by molar-refractivity contribution is 6.27. The fourth-order valence-electron chi connectivity index (χ4n) is 0.459. The summed E-state index contributed by atoms with van der Waals surface area (Å²) in [6.07, 6.45) is 2.03. The lowest BCUT2D eigenvalue weighted by Gasteiger charge is -1.98. The van der Waals surface area contributed by atoms with Crippen molar-refractivity contribution in [3.05, 3.63) is 23.8 Å². The molecule has 0 aromatic carbocycles. The predicted octanol–water partition coefficient (Wildman–Crippen LogP) is 1.86. The fraction of sp³-hybridized carbons (Fsp3) is 0.286. The lowest BCUT2D eigenvalue weighted by atomic mass is 10.2. The zero-order valence-electron chi connectivity index (χ0n) is 5.76. The van der Waals surface area contributed by atoms with Gasteiger partial charge in [-0.25, -0.2) is 4.79 Å². The Morgan fingerprint density at radius 1 is 1.80 bits per heavy atom. The number of carbonyl (C=O) groups excluding carboxylic acids is 1. The Morgan fingerprint density at radius 2 is 2.40 bits per heavy atom. The van der Waals surface area contributed by atoms with E-state index < -0.39 is 5.97 Å². The van der Waals surface area contributed by atoms with Crippen LogP contribution in [-0.4, -0.2) is 13.1 Å². The highest BCUT2D eigenvalue weighted by Crippen LogP contribution is 2.05. The first-order chi connectivity index (χ1) is 4.76. The summed E-state index contributed by atoms with van der Waals surface area (Å²) in [5.41, 5.74) is 1.62. The van der Waals surface area contributed by atoms with Crippen LogP contribution in [0.25, 0.3) is 0 Å². The Kier molecular flexibility index (Phi) is 4.67. The Labute approximate surface area is 65.1 Å². The molecule has 0 bridgehead atoms. The van der Waals surface area contributed by atoms with Gasteiger partial charge in [0.05, 0.1) is 12.7 Å². The van der Waals surface area contributed by atoms with E-state index in [1.807, 2.05) is 0 Å². The van der Waals surface area contributed by atoms with Crippen LogP contribution in [-0.2, 0) is 9.53 Å². The molecule has 0 heterocycles. The topological polar surface area (TPSA) is 26.3 Å². The van der Waals surface area contributed by atoms with Crippen LogP contribution in [0.1, 0.15) is 6.42 Å². The summed E-state index contributed by atoms with van der Waals surface area (Å²) in [6.45, 7) is 3.46. The minimum absolute atomic E-state index is 0.408. The number of methoxy groups -OCH3 is 1. The molecule has 0 aliphatic heterocycles. The van der Waals surface area contributed by atoms with Crippen LogP contribution in [0.15, 0.2) is 23.8 Å². The van der Waals surface area contributed by atoms with Crippen molar-refractivity contribution in [1.82, 2.24) is 0 Å². The molecule has 0 spiro atoms. The monoisotopic (exact) mass is 160 g/mol. The third kappa shape index (κ3) is 2.69. The molecule has 0 amide bonds. The van der Waals surface area contributed by atoms with Crippen LogP contribution < -0.4 is 0 Å². The average molecular weight is 161 g/mol. The minimum atomic E-state index is -0.408. The van der Waals surface area contributed by atoms with E-state index in [0.717, 1.165) is 0 Å². The summed E-state index contributed by atoms with van der Waals surface area (Å²) in [5.74, 6) is -0.408. The standard InChI is InChI=1S/C7H9ClO2/c1-3-4-6(5-8)7(9)10-2/h3,5H,1,4H2,2H3/b6-5+. The van der Waals surface area contributed by atoms with E-state index in [4.69, 9.17) is 11.6 Å². The summed E-state index contributed by atoms with van der Waals surface area (Å²) in [5, 5.41) is 0. The molecule has 2 nitrogen and oxygen atoms in total. The summed E-state index contributed by atoms with van der Waals surface area (Å²) < 4.78 is 4.42. The van der Waals surface area contributed by atoms with E-state index in [1.54, 1.807) is 6.08 Å². The van der Waals surface area contributed by atoms with Gasteiger partial charge < -0.3 is 4.74 Å². The number of halogens is 1. The normalized spacial score (nSPS) is 10.8. The van der Waals surface area contributed by atoms with E-state index in [0.29, 0.717) is 12.0 Å². The van der Waals surface area contributed by atoms with Gasteiger partial charge in [0.1, 0.15) is 0 Å². The van der Waals surface area contributed by atoms with Crippen LogP contribution in [0.2, 0.25) is 0 Å². The van der Waals surface area contributed by atoms with Crippen molar-refractivity contribution in [2.75, 3.05) is 7.11 Å². The summed E-state index contributed by atoms with van der Waals surface area (Å²) >= 11 is 5.31.